The summed E-state index contributed by atoms with van der Waals surface area (Å²) in [5, 5.41) is 13.3. The predicted octanol–water partition coefficient (Wildman–Crippen LogP) is 2.58. The van der Waals surface area contributed by atoms with Crippen molar-refractivity contribution in [2.24, 2.45) is 0 Å². The lowest BCUT2D eigenvalue weighted by Gasteiger charge is -2.33. The molecular weight excluding hydrogens is 298 g/mol. The van der Waals surface area contributed by atoms with Gasteiger partial charge in [-0.2, -0.15) is 0 Å². The Hall–Kier alpha value is -2.15. The van der Waals surface area contributed by atoms with Crippen molar-refractivity contribution < 1.29 is 14.1 Å². The van der Waals surface area contributed by atoms with E-state index in [1.54, 1.807) is 0 Å². The number of likely N-dealkylation sites (tertiary alicyclic amines) is 1. The van der Waals surface area contributed by atoms with Crippen LogP contribution in [0.15, 0.2) is 22.6 Å². The third kappa shape index (κ3) is 5.52. The van der Waals surface area contributed by atoms with E-state index in [1.165, 1.54) is 43.5 Å². The molecule has 0 saturated carbocycles. The first-order valence-electron chi connectivity index (χ1n) is 8.00. The minimum Gasteiger partial charge on any atom is -0.401 e. The van der Waals surface area contributed by atoms with E-state index in [-0.39, 0.29) is 17.6 Å². The largest absolute Gasteiger partial charge is 0.433 e. The van der Waals surface area contributed by atoms with Gasteiger partial charge in [0.05, 0.1) is 6.07 Å². The Labute approximate surface area is 135 Å². The molecule has 7 nitrogen and oxygen atoms in total. The molecule has 1 N–H and O–H groups in total. The minimum atomic E-state index is -0.612. The highest BCUT2D eigenvalue weighted by Gasteiger charge is 2.17. The average molecular weight is 321 g/mol. The fourth-order valence-corrected chi connectivity index (χ4v) is 2.73. The molecule has 2 heterocycles. The lowest BCUT2D eigenvalue weighted by Crippen LogP contribution is -2.39. The summed E-state index contributed by atoms with van der Waals surface area (Å²) in [6, 6.07) is 3.35. The molecule has 1 aliphatic rings. The van der Waals surface area contributed by atoms with Gasteiger partial charge in [-0.15, -0.1) is 0 Å². The van der Waals surface area contributed by atoms with E-state index in [0.717, 1.165) is 19.5 Å². The molecule has 1 amide bonds. The summed E-state index contributed by atoms with van der Waals surface area (Å²) in [5.41, 5.74) is 0. The van der Waals surface area contributed by atoms with E-state index in [2.05, 4.69) is 17.1 Å². The topological polar surface area (TPSA) is 88.6 Å². The number of carbonyl (C=O) groups excluding carboxylic acids is 1. The summed E-state index contributed by atoms with van der Waals surface area (Å²) in [5.74, 6) is -0.273. The third-order valence-corrected chi connectivity index (χ3v) is 4.05. The molecule has 0 bridgehead atoms. The normalized spacial score (nSPS) is 19.1. The molecule has 0 unspecified atom stereocenters. The van der Waals surface area contributed by atoms with Crippen molar-refractivity contribution in [2.45, 2.75) is 38.6 Å². The number of rotatable bonds is 7. The predicted molar refractivity (Wildman–Crippen MR) is 86.9 cm³/mol. The number of carbonyl (C=O) groups is 1. The van der Waals surface area contributed by atoms with Gasteiger partial charge in [0.25, 0.3) is 0 Å². The maximum atomic E-state index is 11.7. The Morgan fingerprint density at radius 3 is 3.04 bits per heavy atom. The number of nitro groups is 1. The first kappa shape index (κ1) is 17.2. The summed E-state index contributed by atoms with van der Waals surface area (Å²) in [4.78, 5) is 24.0. The lowest BCUT2D eigenvalue weighted by molar-refractivity contribution is -0.402. The molecule has 7 heteroatoms. The monoisotopic (exact) mass is 321 g/mol. The number of hydrogen-bond donors (Lipinski definition) is 1. The number of amides is 1. The van der Waals surface area contributed by atoms with Gasteiger partial charge >= 0.3 is 5.88 Å². The molecule has 1 aliphatic heterocycles. The quantitative estimate of drug-likeness (QED) is 0.361. The molecule has 0 radical (unpaired) electrons. The zero-order chi connectivity index (χ0) is 16.7. The van der Waals surface area contributed by atoms with Crippen LogP contribution in [-0.4, -0.2) is 41.4 Å². The van der Waals surface area contributed by atoms with Gasteiger partial charge in [-0.05, 0) is 44.9 Å². The smallest absolute Gasteiger partial charge is 0.401 e. The molecule has 1 fully saturated rings. The lowest BCUT2D eigenvalue weighted by atomic mass is 10.0. The number of piperidine rings is 1. The van der Waals surface area contributed by atoms with Gasteiger partial charge in [-0.25, -0.2) is 0 Å². The molecular formula is C16H23N3O4. The van der Waals surface area contributed by atoms with Crippen LogP contribution in [0, 0.1) is 10.1 Å². The Balaban J connectivity index is 1.66. The van der Waals surface area contributed by atoms with Crippen molar-refractivity contribution in [3.63, 3.8) is 0 Å². The van der Waals surface area contributed by atoms with Gasteiger partial charge in [-0.3, -0.25) is 14.9 Å². The maximum Gasteiger partial charge on any atom is 0.433 e. The second-order valence-electron chi connectivity index (χ2n) is 5.79. The Morgan fingerprint density at radius 2 is 2.35 bits per heavy atom. The van der Waals surface area contributed by atoms with Gasteiger partial charge in [0.1, 0.15) is 10.7 Å². The zero-order valence-corrected chi connectivity index (χ0v) is 13.4. The van der Waals surface area contributed by atoms with Crippen LogP contribution in [0.2, 0.25) is 0 Å². The van der Waals surface area contributed by atoms with Crippen molar-refractivity contribution >= 4 is 17.9 Å². The van der Waals surface area contributed by atoms with E-state index < -0.39 is 4.92 Å². The van der Waals surface area contributed by atoms with E-state index in [4.69, 9.17) is 4.42 Å². The molecule has 1 atom stereocenters. The zero-order valence-electron chi connectivity index (χ0n) is 13.4. The number of hydrogen-bond acceptors (Lipinski definition) is 5. The first-order valence-corrected chi connectivity index (χ1v) is 8.00. The van der Waals surface area contributed by atoms with Crippen LogP contribution in [-0.2, 0) is 4.79 Å². The first-order chi connectivity index (χ1) is 11.1. The molecule has 1 aromatic rings. The van der Waals surface area contributed by atoms with Crippen molar-refractivity contribution in [1.29, 1.82) is 0 Å². The van der Waals surface area contributed by atoms with Crippen molar-refractivity contribution in [1.82, 2.24) is 10.2 Å². The van der Waals surface area contributed by atoms with Crippen LogP contribution < -0.4 is 5.32 Å². The molecule has 0 aromatic carbocycles. The van der Waals surface area contributed by atoms with Gasteiger partial charge in [0.15, 0.2) is 0 Å². The van der Waals surface area contributed by atoms with Gasteiger partial charge in [0, 0.05) is 25.2 Å². The second kappa shape index (κ2) is 8.47. The fourth-order valence-electron chi connectivity index (χ4n) is 2.73. The van der Waals surface area contributed by atoms with E-state index >= 15 is 0 Å². The third-order valence-electron chi connectivity index (χ3n) is 4.05. The molecule has 23 heavy (non-hydrogen) atoms. The van der Waals surface area contributed by atoms with E-state index in [1.807, 2.05) is 0 Å². The fraction of sp³-hybridized carbons (Fsp3) is 0.562. The van der Waals surface area contributed by atoms with Crippen molar-refractivity contribution in [2.75, 3.05) is 19.6 Å². The van der Waals surface area contributed by atoms with Crippen molar-refractivity contribution in [3.8, 4) is 0 Å². The summed E-state index contributed by atoms with van der Waals surface area (Å²) < 4.78 is 4.94. The Morgan fingerprint density at radius 1 is 1.52 bits per heavy atom. The molecule has 1 saturated heterocycles. The number of nitrogens with one attached hydrogen (secondary N) is 1. The summed E-state index contributed by atoms with van der Waals surface area (Å²) >= 11 is 0. The molecule has 126 valence electrons. The van der Waals surface area contributed by atoms with Crippen LogP contribution in [0.1, 0.15) is 38.4 Å². The van der Waals surface area contributed by atoms with Crippen LogP contribution >= 0.6 is 0 Å². The molecule has 0 aliphatic carbocycles. The van der Waals surface area contributed by atoms with Crippen LogP contribution in [0.3, 0.4) is 0 Å². The van der Waals surface area contributed by atoms with E-state index in [0.29, 0.717) is 12.6 Å². The average Bonchev–Trinajstić information content (AvgIpc) is 3.00. The molecule has 2 rings (SSSR count). The molecule has 0 spiro atoms. The van der Waals surface area contributed by atoms with Crippen LogP contribution in [0.5, 0.6) is 0 Å². The Kier molecular flexibility index (Phi) is 6.34. The Bertz CT molecular complexity index is 567. The number of nitrogens with zero attached hydrogens (tertiary/aromatic N) is 2. The SMILES string of the molecule is C[C@@H]1CCCCN1CCCNC(=O)/C=C/c1ccc([N+](=O)[O-])o1. The van der Waals surface area contributed by atoms with Gasteiger partial charge < -0.3 is 14.6 Å². The highest BCUT2D eigenvalue weighted by molar-refractivity contribution is 5.91. The highest BCUT2D eigenvalue weighted by atomic mass is 16.6. The summed E-state index contributed by atoms with van der Waals surface area (Å²) in [7, 11) is 0. The standard InChI is InChI=1S/C16H23N3O4/c1-13-5-2-3-11-18(13)12-4-10-17-15(20)8-6-14-7-9-16(23-14)19(21)22/h6-9,13H,2-5,10-12H2,1H3,(H,17,20)/b8-6+/t13-/m1/s1. The number of furan rings is 1. The van der Waals surface area contributed by atoms with Gasteiger partial charge in [-0.1, -0.05) is 6.42 Å². The maximum absolute atomic E-state index is 11.7. The summed E-state index contributed by atoms with van der Waals surface area (Å²) in [6.45, 7) is 5.01. The van der Waals surface area contributed by atoms with Crippen molar-refractivity contribution in [3.05, 3.63) is 34.1 Å². The van der Waals surface area contributed by atoms with Crippen LogP contribution in [0.25, 0.3) is 6.08 Å². The molecule has 1 aromatic heterocycles. The highest BCUT2D eigenvalue weighted by Crippen LogP contribution is 2.17. The second-order valence-corrected chi connectivity index (χ2v) is 5.79. The van der Waals surface area contributed by atoms with Gasteiger partial charge in [0.2, 0.25) is 5.91 Å². The van der Waals surface area contributed by atoms with Crippen LogP contribution in [0.4, 0.5) is 5.88 Å². The minimum absolute atomic E-state index is 0.226. The summed E-state index contributed by atoms with van der Waals surface area (Å²) in [6.07, 6.45) is 7.49. The van der Waals surface area contributed by atoms with E-state index in [9.17, 15) is 14.9 Å².